The molecule has 0 radical (unpaired) electrons. The van der Waals surface area contributed by atoms with Crippen molar-refractivity contribution in [2.45, 2.75) is 56.8 Å². The van der Waals surface area contributed by atoms with Gasteiger partial charge >= 0.3 is 6.18 Å². The van der Waals surface area contributed by atoms with E-state index in [4.69, 9.17) is 0 Å². The van der Waals surface area contributed by atoms with Gasteiger partial charge in [-0.1, -0.05) is 0 Å². The van der Waals surface area contributed by atoms with Crippen molar-refractivity contribution in [1.29, 1.82) is 0 Å². The van der Waals surface area contributed by atoms with Crippen LogP contribution in [0, 0.1) is 0 Å². The highest BCUT2D eigenvalue weighted by Crippen LogP contribution is 2.36. The summed E-state index contributed by atoms with van der Waals surface area (Å²) in [4.78, 5) is 3.98. The van der Waals surface area contributed by atoms with E-state index in [1.807, 2.05) is 6.07 Å². The molecule has 1 aliphatic rings. The highest BCUT2D eigenvalue weighted by molar-refractivity contribution is 9.10. The molecule has 132 valence electrons. The summed E-state index contributed by atoms with van der Waals surface area (Å²) in [6.07, 6.45) is -0.0398. The van der Waals surface area contributed by atoms with E-state index in [9.17, 15) is 18.3 Å². The maximum atomic E-state index is 12.7. The highest BCUT2D eigenvalue weighted by atomic mass is 79.9. The molecule has 1 atom stereocenters. The first kappa shape index (κ1) is 17.5. The molecule has 1 aliphatic carbocycles. The molecule has 0 saturated heterocycles. The van der Waals surface area contributed by atoms with Crippen molar-refractivity contribution < 1.29 is 18.3 Å². The van der Waals surface area contributed by atoms with Gasteiger partial charge < -0.3 is 10.4 Å². The second kappa shape index (κ2) is 6.51. The molecule has 5 nitrogen and oxygen atoms in total. The van der Waals surface area contributed by atoms with Crippen LogP contribution in [-0.4, -0.2) is 38.0 Å². The van der Waals surface area contributed by atoms with E-state index in [0.717, 1.165) is 42.8 Å². The second-order valence-electron chi connectivity index (χ2n) is 6.21. The fraction of sp³-hybridized carbons (Fsp3) is 0.600. The molecule has 0 amide bonds. The predicted molar refractivity (Wildman–Crippen MR) is 87.0 cm³/mol. The van der Waals surface area contributed by atoms with Gasteiger partial charge in [0.1, 0.15) is 6.04 Å². The van der Waals surface area contributed by atoms with Crippen LogP contribution in [-0.2, 0) is 0 Å². The topological polar surface area (TPSA) is 62.5 Å². The van der Waals surface area contributed by atoms with Crippen molar-refractivity contribution >= 4 is 27.4 Å². The van der Waals surface area contributed by atoms with Gasteiger partial charge in [-0.3, -0.25) is 0 Å². The van der Waals surface area contributed by atoms with Crippen molar-refractivity contribution in [2.75, 3.05) is 5.32 Å². The zero-order chi connectivity index (χ0) is 17.5. The number of anilines is 1. The molecule has 0 unspecified atom stereocenters. The summed E-state index contributed by atoms with van der Waals surface area (Å²) in [7, 11) is 0. The van der Waals surface area contributed by atoms with Gasteiger partial charge in [-0.15, -0.1) is 5.10 Å². The van der Waals surface area contributed by atoms with E-state index in [1.165, 1.54) is 6.20 Å². The van der Waals surface area contributed by atoms with Gasteiger partial charge in [0.25, 0.3) is 0 Å². The Morgan fingerprint density at radius 3 is 2.62 bits per heavy atom. The standard InChI is InChI=1S/C15H18BrF3N4O/c1-8(15(17,18)19)21-14-20-7-13-11(16)6-12(23(13)22-14)9-2-4-10(24)5-3-9/h6-10,24H,2-5H2,1H3,(H,21,22)/t8-,9?,10?/m0/s1. The second-order valence-corrected chi connectivity index (χ2v) is 7.06. The SMILES string of the molecule is C[C@H](Nc1ncc2c(Br)cc(C3CCC(O)CC3)n2n1)C(F)(F)F. The van der Waals surface area contributed by atoms with Crippen LogP contribution in [0.25, 0.3) is 5.52 Å². The molecule has 1 fully saturated rings. The lowest BCUT2D eigenvalue weighted by molar-refractivity contribution is -0.138. The zero-order valence-electron chi connectivity index (χ0n) is 13.0. The first-order valence-electron chi connectivity index (χ1n) is 7.81. The average Bonchev–Trinajstić information content (AvgIpc) is 2.84. The Kier molecular flexibility index (Phi) is 4.74. The number of rotatable bonds is 3. The summed E-state index contributed by atoms with van der Waals surface area (Å²) in [5, 5.41) is 16.2. The fourth-order valence-corrected chi connectivity index (χ4v) is 3.48. The third kappa shape index (κ3) is 3.51. The zero-order valence-corrected chi connectivity index (χ0v) is 14.6. The lowest BCUT2D eigenvalue weighted by Gasteiger charge is -2.25. The summed E-state index contributed by atoms with van der Waals surface area (Å²) in [5.41, 5.74) is 1.63. The molecule has 1 saturated carbocycles. The minimum absolute atomic E-state index is 0.0625. The van der Waals surface area contributed by atoms with Crippen LogP contribution >= 0.6 is 15.9 Å². The molecule has 24 heavy (non-hydrogen) atoms. The fourth-order valence-electron chi connectivity index (χ4n) is 2.98. The number of aliphatic hydroxyl groups is 1. The van der Waals surface area contributed by atoms with E-state index < -0.39 is 12.2 Å². The van der Waals surface area contributed by atoms with Gasteiger partial charge in [0.2, 0.25) is 5.95 Å². The number of fused-ring (bicyclic) bond motifs is 1. The van der Waals surface area contributed by atoms with Gasteiger partial charge in [0.15, 0.2) is 0 Å². The maximum Gasteiger partial charge on any atom is 0.408 e. The average molecular weight is 407 g/mol. The highest BCUT2D eigenvalue weighted by Gasteiger charge is 2.36. The molecular weight excluding hydrogens is 389 g/mol. The van der Waals surface area contributed by atoms with Crippen LogP contribution in [0.5, 0.6) is 0 Å². The van der Waals surface area contributed by atoms with Crippen LogP contribution in [0.4, 0.5) is 19.1 Å². The van der Waals surface area contributed by atoms with Crippen LogP contribution in [0.2, 0.25) is 0 Å². The van der Waals surface area contributed by atoms with Crippen LogP contribution < -0.4 is 5.32 Å². The maximum absolute atomic E-state index is 12.7. The van der Waals surface area contributed by atoms with Crippen molar-refractivity contribution in [3.8, 4) is 0 Å². The van der Waals surface area contributed by atoms with Gasteiger partial charge in [0.05, 0.1) is 17.8 Å². The number of hydrogen-bond acceptors (Lipinski definition) is 4. The van der Waals surface area contributed by atoms with Crippen molar-refractivity contribution in [3.05, 3.63) is 22.4 Å². The Hall–Kier alpha value is -1.35. The molecule has 2 heterocycles. The number of nitrogens with one attached hydrogen (secondary N) is 1. The Labute approximate surface area is 145 Å². The lowest BCUT2D eigenvalue weighted by atomic mass is 9.85. The van der Waals surface area contributed by atoms with Crippen molar-refractivity contribution in [3.63, 3.8) is 0 Å². The van der Waals surface area contributed by atoms with E-state index in [0.29, 0.717) is 5.52 Å². The first-order chi connectivity index (χ1) is 11.3. The largest absolute Gasteiger partial charge is 0.408 e. The molecule has 2 N–H and O–H groups in total. The predicted octanol–water partition coefficient (Wildman–Crippen LogP) is 3.87. The van der Waals surface area contributed by atoms with Gasteiger partial charge in [-0.25, -0.2) is 9.50 Å². The first-order valence-corrected chi connectivity index (χ1v) is 8.60. The van der Waals surface area contributed by atoms with Gasteiger partial charge in [-0.05, 0) is 54.6 Å². The molecule has 9 heteroatoms. The summed E-state index contributed by atoms with van der Waals surface area (Å²) >= 11 is 3.45. The van der Waals surface area contributed by atoms with E-state index in [-0.39, 0.29) is 18.0 Å². The molecular formula is C15H18BrF3N4O. The minimum atomic E-state index is -4.36. The smallest absolute Gasteiger partial charge is 0.393 e. The monoisotopic (exact) mass is 406 g/mol. The quantitative estimate of drug-likeness (QED) is 0.811. The van der Waals surface area contributed by atoms with Crippen molar-refractivity contribution in [1.82, 2.24) is 14.6 Å². The summed E-state index contributed by atoms with van der Waals surface area (Å²) < 4.78 is 40.6. The summed E-state index contributed by atoms with van der Waals surface area (Å²) in [5.74, 6) is 0.155. The van der Waals surface area contributed by atoms with Gasteiger partial charge in [0, 0.05) is 16.1 Å². The Morgan fingerprint density at radius 1 is 1.33 bits per heavy atom. The van der Waals surface area contributed by atoms with Crippen LogP contribution in [0.3, 0.4) is 0 Å². The number of aliphatic hydroxyl groups excluding tert-OH is 1. The Balaban J connectivity index is 1.91. The summed E-state index contributed by atoms with van der Waals surface area (Å²) in [6.45, 7) is 1.03. The van der Waals surface area contributed by atoms with Crippen LogP contribution in [0.15, 0.2) is 16.7 Å². The third-order valence-corrected chi connectivity index (χ3v) is 5.08. The minimum Gasteiger partial charge on any atom is -0.393 e. The van der Waals surface area contributed by atoms with Crippen molar-refractivity contribution in [2.24, 2.45) is 0 Å². The molecule has 0 aromatic carbocycles. The number of alkyl halides is 3. The summed E-state index contributed by atoms with van der Waals surface area (Å²) in [6, 6.07) is 0.200. The van der Waals surface area contributed by atoms with Crippen LogP contribution in [0.1, 0.15) is 44.2 Å². The Morgan fingerprint density at radius 2 is 2.00 bits per heavy atom. The molecule has 2 aromatic heterocycles. The molecule has 0 aliphatic heterocycles. The Bertz CT molecular complexity index is 725. The lowest BCUT2D eigenvalue weighted by Crippen LogP contribution is -2.34. The number of hydrogen-bond donors (Lipinski definition) is 2. The van der Waals surface area contributed by atoms with E-state index in [1.54, 1.807) is 4.52 Å². The number of nitrogens with zero attached hydrogens (tertiary/aromatic N) is 3. The molecule has 3 rings (SSSR count). The van der Waals surface area contributed by atoms with E-state index in [2.05, 4.69) is 31.3 Å². The number of halogens is 4. The third-order valence-electron chi connectivity index (χ3n) is 4.45. The number of aromatic nitrogens is 3. The molecule has 2 aromatic rings. The van der Waals surface area contributed by atoms with E-state index >= 15 is 0 Å². The van der Waals surface area contributed by atoms with Gasteiger partial charge in [-0.2, -0.15) is 13.2 Å². The molecule has 0 bridgehead atoms. The molecule has 0 spiro atoms. The normalized spacial score (nSPS) is 23.4.